The van der Waals surface area contributed by atoms with Gasteiger partial charge in [0.05, 0.1) is 0 Å². The van der Waals surface area contributed by atoms with Crippen LogP contribution in [0, 0.1) is 0 Å². The highest BCUT2D eigenvalue weighted by Crippen LogP contribution is 2.49. The van der Waals surface area contributed by atoms with Gasteiger partial charge >= 0.3 is 7.82 Å². The minimum absolute atomic E-state index is 0.349. The first kappa shape index (κ1) is 10.6. The number of hydrogen-bond acceptors (Lipinski definition) is 4. The van der Waals surface area contributed by atoms with Crippen molar-refractivity contribution in [2.45, 2.75) is 11.9 Å². The SMILES string of the molecule is COP(=O)(OC)OC(C)Br. The molecule has 62 valence electrons. The predicted molar refractivity (Wildman–Crippen MR) is 41.1 cm³/mol. The van der Waals surface area contributed by atoms with Crippen molar-refractivity contribution in [3.8, 4) is 0 Å². The normalized spacial score (nSPS) is 15.2. The fourth-order valence-corrected chi connectivity index (χ4v) is 1.63. The third kappa shape index (κ3) is 3.68. The van der Waals surface area contributed by atoms with Crippen molar-refractivity contribution >= 4 is 23.8 Å². The van der Waals surface area contributed by atoms with E-state index in [-0.39, 0.29) is 5.01 Å². The molecule has 0 N–H and O–H groups in total. The second-order valence-corrected chi connectivity index (χ2v) is 4.59. The molecule has 6 heteroatoms. The van der Waals surface area contributed by atoms with Gasteiger partial charge in [-0.15, -0.1) is 0 Å². The third-order valence-electron chi connectivity index (χ3n) is 0.722. The number of rotatable bonds is 4. The molecule has 0 saturated carbocycles. The van der Waals surface area contributed by atoms with Gasteiger partial charge < -0.3 is 0 Å². The van der Waals surface area contributed by atoms with E-state index in [2.05, 4.69) is 25.0 Å². The van der Waals surface area contributed by atoms with E-state index in [4.69, 9.17) is 4.52 Å². The van der Waals surface area contributed by atoms with Crippen LogP contribution in [0.2, 0.25) is 0 Å². The summed E-state index contributed by atoms with van der Waals surface area (Å²) >= 11 is 3.04. The van der Waals surface area contributed by atoms with Gasteiger partial charge in [0.1, 0.15) is 5.01 Å². The molecular formula is C4H10BrO4P. The maximum atomic E-state index is 11.1. The Hall–Kier alpha value is 0.590. The Bertz CT molecular complexity index is 129. The highest BCUT2D eigenvalue weighted by molar-refractivity contribution is 9.09. The molecule has 0 radical (unpaired) electrons. The lowest BCUT2D eigenvalue weighted by Crippen LogP contribution is -1.99. The average molecular weight is 233 g/mol. The Morgan fingerprint density at radius 3 is 1.90 bits per heavy atom. The number of alkyl halides is 1. The maximum absolute atomic E-state index is 11.1. The molecule has 0 heterocycles. The molecule has 10 heavy (non-hydrogen) atoms. The number of hydrogen-bond donors (Lipinski definition) is 0. The first-order valence-corrected chi connectivity index (χ1v) is 4.95. The van der Waals surface area contributed by atoms with E-state index >= 15 is 0 Å². The van der Waals surface area contributed by atoms with Gasteiger partial charge in [-0.3, -0.25) is 13.6 Å². The quantitative estimate of drug-likeness (QED) is 0.551. The summed E-state index contributed by atoms with van der Waals surface area (Å²) in [5.41, 5.74) is 0. The predicted octanol–water partition coefficient (Wildman–Crippen LogP) is 2.14. The summed E-state index contributed by atoms with van der Waals surface area (Å²) in [6, 6.07) is 0. The second-order valence-electron chi connectivity index (χ2n) is 1.46. The van der Waals surface area contributed by atoms with Crippen LogP contribution < -0.4 is 0 Å². The lowest BCUT2D eigenvalue weighted by Gasteiger charge is -2.14. The summed E-state index contributed by atoms with van der Waals surface area (Å²) < 4.78 is 24.8. The molecule has 0 spiro atoms. The zero-order chi connectivity index (χ0) is 8.20. The standard InChI is InChI=1S/C4H10BrO4P/c1-4(5)9-10(6,7-2)8-3/h4H,1-3H3. The van der Waals surface area contributed by atoms with E-state index in [1.165, 1.54) is 14.2 Å². The minimum Gasteiger partial charge on any atom is -0.290 e. The van der Waals surface area contributed by atoms with E-state index in [1.807, 2.05) is 0 Å². The van der Waals surface area contributed by atoms with Crippen LogP contribution in [-0.2, 0) is 18.1 Å². The maximum Gasteiger partial charge on any atom is 0.475 e. The summed E-state index contributed by atoms with van der Waals surface area (Å²) in [6.45, 7) is 1.67. The van der Waals surface area contributed by atoms with Crippen LogP contribution in [0.25, 0.3) is 0 Å². The molecule has 0 aliphatic heterocycles. The molecule has 4 nitrogen and oxygen atoms in total. The van der Waals surface area contributed by atoms with E-state index < -0.39 is 7.82 Å². The molecule has 0 aromatic carbocycles. The van der Waals surface area contributed by atoms with Gasteiger partial charge in [-0.05, 0) is 6.92 Å². The first-order valence-electron chi connectivity index (χ1n) is 2.58. The van der Waals surface area contributed by atoms with Gasteiger partial charge in [0.25, 0.3) is 0 Å². The molecule has 1 atom stereocenters. The molecule has 0 aliphatic rings. The summed E-state index contributed by atoms with van der Waals surface area (Å²) in [6.07, 6.45) is 0. The van der Waals surface area contributed by atoms with Crippen LogP contribution in [0.3, 0.4) is 0 Å². The van der Waals surface area contributed by atoms with Gasteiger partial charge in [0.15, 0.2) is 0 Å². The van der Waals surface area contributed by atoms with Crippen LogP contribution in [0.1, 0.15) is 6.92 Å². The number of phosphoric ester groups is 1. The van der Waals surface area contributed by atoms with Crippen LogP contribution in [0.15, 0.2) is 0 Å². The van der Waals surface area contributed by atoms with Crippen molar-refractivity contribution in [2.75, 3.05) is 14.2 Å². The van der Waals surface area contributed by atoms with Crippen LogP contribution in [0.5, 0.6) is 0 Å². The highest BCUT2D eigenvalue weighted by Gasteiger charge is 2.24. The Labute approximate surface area is 68.6 Å². The van der Waals surface area contributed by atoms with Crippen molar-refractivity contribution in [2.24, 2.45) is 0 Å². The van der Waals surface area contributed by atoms with E-state index in [9.17, 15) is 4.57 Å². The van der Waals surface area contributed by atoms with E-state index in [1.54, 1.807) is 6.92 Å². The zero-order valence-corrected chi connectivity index (χ0v) is 8.52. The molecule has 0 fully saturated rings. The third-order valence-corrected chi connectivity index (χ3v) is 2.67. The molecule has 0 amide bonds. The number of phosphoric acid groups is 1. The fourth-order valence-electron chi connectivity index (χ4n) is 0.338. The number of halogens is 1. The van der Waals surface area contributed by atoms with Crippen molar-refractivity contribution in [1.82, 2.24) is 0 Å². The van der Waals surface area contributed by atoms with Crippen LogP contribution in [-0.4, -0.2) is 19.2 Å². The Morgan fingerprint density at radius 2 is 1.80 bits per heavy atom. The monoisotopic (exact) mass is 232 g/mol. The highest BCUT2D eigenvalue weighted by atomic mass is 79.9. The minimum atomic E-state index is -3.28. The summed E-state index contributed by atoms with van der Waals surface area (Å²) in [5.74, 6) is 0. The fraction of sp³-hybridized carbons (Fsp3) is 1.00. The zero-order valence-electron chi connectivity index (χ0n) is 6.04. The Kier molecular flexibility index (Phi) is 4.73. The van der Waals surface area contributed by atoms with Gasteiger partial charge in [-0.2, -0.15) is 0 Å². The lowest BCUT2D eigenvalue weighted by molar-refractivity contribution is 0.149. The van der Waals surface area contributed by atoms with Crippen molar-refractivity contribution in [3.05, 3.63) is 0 Å². The summed E-state index contributed by atoms with van der Waals surface area (Å²) in [5, 5.41) is -0.349. The van der Waals surface area contributed by atoms with E-state index in [0.717, 1.165) is 0 Å². The Balaban J connectivity index is 3.94. The molecule has 0 aromatic heterocycles. The molecule has 1 unspecified atom stereocenters. The first-order chi connectivity index (χ1) is 4.54. The van der Waals surface area contributed by atoms with Crippen LogP contribution in [0.4, 0.5) is 0 Å². The largest absolute Gasteiger partial charge is 0.475 e. The molecule has 0 rings (SSSR count). The van der Waals surface area contributed by atoms with Crippen LogP contribution >= 0.6 is 23.8 Å². The van der Waals surface area contributed by atoms with Gasteiger partial charge in [0, 0.05) is 14.2 Å². The second kappa shape index (κ2) is 4.46. The lowest BCUT2D eigenvalue weighted by atomic mass is 10.9. The average Bonchev–Trinajstić information content (AvgIpc) is 1.87. The topological polar surface area (TPSA) is 44.8 Å². The van der Waals surface area contributed by atoms with Crippen molar-refractivity contribution in [3.63, 3.8) is 0 Å². The molecule has 0 aliphatic carbocycles. The van der Waals surface area contributed by atoms with Gasteiger partial charge in [0.2, 0.25) is 0 Å². The molecular weight excluding hydrogens is 223 g/mol. The van der Waals surface area contributed by atoms with Crippen molar-refractivity contribution in [1.29, 1.82) is 0 Å². The van der Waals surface area contributed by atoms with Gasteiger partial charge in [-0.1, -0.05) is 15.9 Å². The summed E-state index contributed by atoms with van der Waals surface area (Å²) in [4.78, 5) is 0. The van der Waals surface area contributed by atoms with E-state index in [0.29, 0.717) is 0 Å². The molecule has 0 saturated heterocycles. The smallest absolute Gasteiger partial charge is 0.290 e. The van der Waals surface area contributed by atoms with Gasteiger partial charge in [-0.25, -0.2) is 4.57 Å². The molecule has 0 aromatic rings. The van der Waals surface area contributed by atoms with Crippen molar-refractivity contribution < 1.29 is 18.1 Å². The summed E-state index contributed by atoms with van der Waals surface area (Å²) in [7, 11) is -0.757. The Morgan fingerprint density at radius 1 is 1.40 bits per heavy atom. The molecule has 0 bridgehead atoms.